The molecule has 0 atom stereocenters. The van der Waals surface area contributed by atoms with Crippen LogP contribution in [0.3, 0.4) is 0 Å². The second kappa shape index (κ2) is 3.90. The van der Waals surface area contributed by atoms with Crippen LogP contribution in [0.25, 0.3) is 10.9 Å². The van der Waals surface area contributed by atoms with Crippen molar-refractivity contribution < 1.29 is 4.57 Å². The molecule has 0 fully saturated rings. The van der Waals surface area contributed by atoms with Crippen molar-refractivity contribution in [2.45, 2.75) is 11.9 Å². The van der Waals surface area contributed by atoms with Crippen molar-refractivity contribution in [3.8, 4) is 0 Å². The van der Waals surface area contributed by atoms with Gasteiger partial charge in [0.1, 0.15) is 7.14 Å². The molecule has 16 heavy (non-hydrogen) atoms. The van der Waals surface area contributed by atoms with E-state index in [4.69, 9.17) is 0 Å². The molecule has 2 nitrogen and oxygen atoms in total. The van der Waals surface area contributed by atoms with Crippen molar-refractivity contribution in [2.75, 3.05) is 13.3 Å². The quantitative estimate of drug-likeness (QED) is 0.623. The smallest absolute Gasteiger partial charge is 0.110 e. The Bertz CT molecular complexity index is 603. The molecule has 1 heterocycles. The van der Waals surface area contributed by atoms with Gasteiger partial charge in [-0.25, -0.2) is 4.98 Å². The Morgan fingerprint density at radius 1 is 1.19 bits per heavy atom. The van der Waals surface area contributed by atoms with Gasteiger partial charge in [-0.3, -0.25) is 0 Å². The van der Waals surface area contributed by atoms with Crippen LogP contribution in [-0.4, -0.2) is 18.3 Å². The van der Waals surface area contributed by atoms with Crippen LogP contribution >= 0.6 is 19.8 Å². The molecule has 0 saturated heterocycles. The first kappa shape index (κ1) is 11.7. The summed E-state index contributed by atoms with van der Waals surface area (Å²) in [5.74, 6) is 0. The van der Waals surface area contributed by atoms with Crippen LogP contribution in [0.4, 0.5) is 0 Å². The van der Waals surface area contributed by atoms with Crippen molar-refractivity contribution in [1.82, 2.24) is 4.98 Å². The van der Waals surface area contributed by atoms with Gasteiger partial charge < -0.3 is 4.57 Å². The molecule has 84 valence electrons. The van der Waals surface area contributed by atoms with E-state index in [9.17, 15) is 4.57 Å². The van der Waals surface area contributed by atoms with Gasteiger partial charge in [0, 0.05) is 10.7 Å². The standard InChI is InChI=1S/C12H14NOPS/c1-8-4-6-10-9(5-7-11(16)13-10)12(8)15(2,3)14/h4-7H,1-3H3,(H,13,16). The number of aryl methyl sites for hydroxylation is 1. The van der Waals surface area contributed by atoms with Gasteiger partial charge in [-0.15, -0.1) is 12.6 Å². The molecule has 0 aliphatic rings. The largest absolute Gasteiger partial charge is 0.319 e. The van der Waals surface area contributed by atoms with Gasteiger partial charge in [-0.2, -0.15) is 0 Å². The second-order valence-electron chi connectivity index (χ2n) is 4.32. The number of aromatic nitrogens is 1. The van der Waals surface area contributed by atoms with Crippen LogP contribution in [0.2, 0.25) is 0 Å². The fourth-order valence-electron chi connectivity index (χ4n) is 2.00. The number of thiol groups is 1. The van der Waals surface area contributed by atoms with Crippen LogP contribution in [0, 0.1) is 6.92 Å². The number of nitrogens with zero attached hydrogens (tertiary/aromatic N) is 1. The number of hydrogen-bond acceptors (Lipinski definition) is 3. The molecule has 0 unspecified atom stereocenters. The third-order valence-electron chi connectivity index (χ3n) is 2.57. The minimum Gasteiger partial charge on any atom is -0.319 e. The highest BCUT2D eigenvalue weighted by atomic mass is 32.1. The summed E-state index contributed by atoms with van der Waals surface area (Å²) < 4.78 is 12.3. The van der Waals surface area contributed by atoms with Gasteiger partial charge in [0.05, 0.1) is 10.5 Å². The highest BCUT2D eigenvalue weighted by Gasteiger charge is 2.17. The van der Waals surface area contributed by atoms with Crippen LogP contribution in [0.5, 0.6) is 0 Å². The average molecular weight is 251 g/mol. The molecule has 0 saturated carbocycles. The summed E-state index contributed by atoms with van der Waals surface area (Å²) in [7, 11) is -2.28. The lowest BCUT2D eigenvalue weighted by Gasteiger charge is -2.14. The molecule has 0 N–H and O–H groups in total. The zero-order valence-corrected chi connectivity index (χ0v) is 11.3. The Morgan fingerprint density at radius 3 is 2.50 bits per heavy atom. The third kappa shape index (κ3) is 2.02. The first-order chi connectivity index (χ1) is 7.39. The first-order valence-electron chi connectivity index (χ1n) is 5.04. The van der Waals surface area contributed by atoms with Crippen molar-refractivity contribution >= 4 is 36.0 Å². The van der Waals surface area contributed by atoms with Crippen molar-refractivity contribution in [1.29, 1.82) is 0 Å². The van der Waals surface area contributed by atoms with E-state index in [0.29, 0.717) is 5.03 Å². The molecular formula is C12H14NOPS. The van der Waals surface area contributed by atoms with Crippen LogP contribution in [-0.2, 0) is 4.57 Å². The van der Waals surface area contributed by atoms with E-state index in [1.165, 1.54) is 0 Å². The highest BCUT2D eigenvalue weighted by molar-refractivity contribution is 7.80. The van der Waals surface area contributed by atoms with E-state index in [2.05, 4.69) is 17.6 Å². The van der Waals surface area contributed by atoms with Gasteiger partial charge in [0.15, 0.2) is 0 Å². The van der Waals surface area contributed by atoms with Crippen LogP contribution in [0.15, 0.2) is 29.3 Å². The van der Waals surface area contributed by atoms with Crippen LogP contribution in [0.1, 0.15) is 5.56 Å². The predicted octanol–water partition coefficient (Wildman–Crippen LogP) is 3.08. The van der Waals surface area contributed by atoms with Gasteiger partial charge in [-0.05, 0) is 44.0 Å². The van der Waals surface area contributed by atoms with E-state index < -0.39 is 7.14 Å². The number of fused-ring (bicyclic) bond motifs is 1. The lowest BCUT2D eigenvalue weighted by Crippen LogP contribution is -2.09. The lowest BCUT2D eigenvalue weighted by molar-refractivity contribution is 0.588. The molecule has 2 rings (SSSR count). The molecule has 0 spiro atoms. The lowest BCUT2D eigenvalue weighted by atomic mass is 10.1. The molecule has 0 bridgehead atoms. The van der Waals surface area contributed by atoms with Gasteiger partial charge >= 0.3 is 0 Å². The summed E-state index contributed by atoms with van der Waals surface area (Å²) in [5, 5.41) is 2.60. The monoisotopic (exact) mass is 251 g/mol. The van der Waals surface area contributed by atoms with Gasteiger partial charge in [-0.1, -0.05) is 6.07 Å². The van der Waals surface area contributed by atoms with E-state index >= 15 is 0 Å². The minimum atomic E-state index is -2.28. The Labute approximate surface area is 101 Å². The number of pyridine rings is 1. The molecule has 0 aliphatic heterocycles. The Kier molecular flexibility index (Phi) is 2.85. The molecule has 0 radical (unpaired) electrons. The van der Waals surface area contributed by atoms with E-state index in [-0.39, 0.29) is 0 Å². The fraction of sp³-hybridized carbons (Fsp3) is 0.250. The number of benzene rings is 1. The molecular weight excluding hydrogens is 237 g/mol. The van der Waals surface area contributed by atoms with Crippen molar-refractivity contribution in [3.05, 3.63) is 29.8 Å². The van der Waals surface area contributed by atoms with E-state index in [0.717, 1.165) is 21.8 Å². The summed E-state index contributed by atoms with van der Waals surface area (Å²) in [6.07, 6.45) is 0. The molecule has 1 aromatic carbocycles. The van der Waals surface area contributed by atoms with E-state index in [1.807, 2.05) is 31.2 Å². The van der Waals surface area contributed by atoms with E-state index in [1.54, 1.807) is 13.3 Å². The summed E-state index contributed by atoms with van der Waals surface area (Å²) in [5.41, 5.74) is 1.92. The average Bonchev–Trinajstić information content (AvgIpc) is 2.16. The maximum Gasteiger partial charge on any atom is 0.110 e. The maximum absolute atomic E-state index is 12.3. The molecule has 1 aromatic heterocycles. The normalized spacial score (nSPS) is 12.0. The van der Waals surface area contributed by atoms with Gasteiger partial charge in [0.2, 0.25) is 0 Å². The van der Waals surface area contributed by atoms with Crippen LogP contribution < -0.4 is 5.30 Å². The molecule has 0 amide bonds. The Balaban J connectivity index is 2.91. The third-order valence-corrected chi connectivity index (χ3v) is 4.49. The second-order valence-corrected chi connectivity index (χ2v) is 7.93. The zero-order chi connectivity index (χ0) is 11.9. The SMILES string of the molecule is Cc1ccc2nc(S)ccc2c1P(C)(C)=O. The van der Waals surface area contributed by atoms with Crippen molar-refractivity contribution in [3.63, 3.8) is 0 Å². The maximum atomic E-state index is 12.3. The highest BCUT2D eigenvalue weighted by Crippen LogP contribution is 2.38. The molecule has 0 aliphatic carbocycles. The fourth-order valence-corrected chi connectivity index (χ4v) is 3.88. The predicted molar refractivity (Wildman–Crippen MR) is 72.8 cm³/mol. The Hall–Kier alpha value is -0.790. The first-order valence-corrected chi connectivity index (χ1v) is 8.09. The summed E-state index contributed by atoms with van der Waals surface area (Å²) in [4.78, 5) is 4.33. The number of hydrogen-bond donors (Lipinski definition) is 1. The molecule has 2 aromatic rings. The topological polar surface area (TPSA) is 30.0 Å². The van der Waals surface area contributed by atoms with Gasteiger partial charge in [0.25, 0.3) is 0 Å². The minimum absolute atomic E-state index is 0.685. The summed E-state index contributed by atoms with van der Waals surface area (Å²) >= 11 is 4.21. The zero-order valence-electron chi connectivity index (χ0n) is 9.56. The molecule has 4 heteroatoms. The summed E-state index contributed by atoms with van der Waals surface area (Å²) in [6.45, 7) is 5.58. The Morgan fingerprint density at radius 2 is 1.88 bits per heavy atom. The van der Waals surface area contributed by atoms with Crippen molar-refractivity contribution in [2.24, 2.45) is 0 Å². The number of rotatable bonds is 1. The summed E-state index contributed by atoms with van der Waals surface area (Å²) in [6, 6.07) is 7.71.